The molecule has 2 saturated carbocycles. The smallest absolute Gasteiger partial charge is 0.309 e. The van der Waals surface area contributed by atoms with E-state index in [9.17, 15) is 19.5 Å². The molecule has 6 heterocycles. The number of nitrogens with one attached hydrogen (secondary N) is 2. The molecule has 0 spiro atoms. The molecule has 0 unspecified atom stereocenters. The van der Waals surface area contributed by atoms with Crippen molar-refractivity contribution in [2.24, 2.45) is 40.6 Å². The van der Waals surface area contributed by atoms with Gasteiger partial charge < -0.3 is 46.1 Å². The maximum absolute atomic E-state index is 14.4. The first-order valence-electron chi connectivity index (χ1n) is 23.1. The van der Waals surface area contributed by atoms with Crippen molar-refractivity contribution in [2.75, 3.05) is 23.7 Å². The van der Waals surface area contributed by atoms with E-state index in [4.69, 9.17) is 21.4 Å². The molecule has 336 valence electrons. The van der Waals surface area contributed by atoms with E-state index in [1.807, 2.05) is 49.1 Å². The molecule has 7 N–H and O–H groups in total. The Kier molecular flexibility index (Phi) is 11.9. The molecule has 14 nitrogen and oxygen atoms in total. The van der Waals surface area contributed by atoms with Gasteiger partial charge >= 0.3 is 5.97 Å². The Balaban J connectivity index is 0.00000504. The summed E-state index contributed by atoms with van der Waals surface area (Å²) < 4.78 is 4.28. The van der Waals surface area contributed by atoms with Crippen molar-refractivity contribution in [1.82, 2.24) is 28.9 Å². The van der Waals surface area contributed by atoms with E-state index in [0.29, 0.717) is 13.1 Å². The number of anilines is 2. The first-order valence-corrected chi connectivity index (χ1v) is 23.1. The second-order valence-corrected chi connectivity index (χ2v) is 19.6. The summed E-state index contributed by atoms with van der Waals surface area (Å²) in [5.74, 6) is 0.656. The van der Waals surface area contributed by atoms with Crippen LogP contribution >= 0.6 is 12.4 Å². The van der Waals surface area contributed by atoms with Crippen molar-refractivity contribution in [3.8, 4) is 0 Å². The molecule has 10 rings (SSSR count). The lowest BCUT2D eigenvalue weighted by Gasteiger charge is -2.42. The molecule has 2 aliphatic carbocycles. The number of halogens is 1. The molecule has 4 aliphatic heterocycles. The van der Waals surface area contributed by atoms with Gasteiger partial charge in [0.25, 0.3) is 0 Å². The summed E-state index contributed by atoms with van der Waals surface area (Å²) in [7, 11) is 0. The van der Waals surface area contributed by atoms with Crippen LogP contribution in [0.1, 0.15) is 138 Å². The van der Waals surface area contributed by atoms with Crippen molar-refractivity contribution in [3.05, 3.63) is 96.1 Å². The van der Waals surface area contributed by atoms with Gasteiger partial charge in [0.1, 0.15) is 17.8 Å². The zero-order chi connectivity index (χ0) is 42.9. The number of rotatable bonds is 9. The fraction of sp³-hybridized carbons (Fsp3) is 0.562. The Morgan fingerprint density at radius 2 is 1.13 bits per heavy atom. The van der Waals surface area contributed by atoms with Crippen molar-refractivity contribution < 1.29 is 19.5 Å². The zero-order valence-corrected chi connectivity index (χ0v) is 37.2. The number of para-hydroxylation sites is 2. The molecule has 4 fully saturated rings. The van der Waals surface area contributed by atoms with E-state index in [1.165, 1.54) is 0 Å². The van der Waals surface area contributed by atoms with Crippen LogP contribution < -0.4 is 22.1 Å². The van der Waals surface area contributed by atoms with E-state index in [0.717, 1.165) is 98.4 Å². The number of carboxylic acids is 1. The number of carbonyl (C=O) groups is 3. The highest BCUT2D eigenvalue weighted by Crippen LogP contribution is 2.54. The van der Waals surface area contributed by atoms with Gasteiger partial charge in [-0.05, 0) is 75.6 Å². The standard InChI is InChI=1S/C48H62N10O4.ClH/c1-48(2,47(61)62)27-38(55-25-21-51-43(55)39-32-19-23-57(45(59)28-11-3-7-15-34(28)49)41(32)30-13-5-9-17-36(30)53-39)56-26-22-52-44(56)40-33-20-24-58(46(60)29-12-4-8-16-35(29)50)42(33)31-14-6-10-18-37(31)54-40;/h5-6,9-10,13-14,17-18,21-22,25-26,28-29,32-35,38-42,53-54H,3-4,7-8,11-12,15-16,19-20,23-24,27,49-50H2,1-2H3,(H,61,62);1H/t28-,29-,32+,33+,34+,35+,39+,40+,41-,42-;/m0./s1. The number of likely N-dealkylation sites (tertiary alicyclic amines) is 2. The Morgan fingerprint density at radius 3 is 1.56 bits per heavy atom. The lowest BCUT2D eigenvalue weighted by atomic mass is 9.80. The third kappa shape index (κ3) is 7.49. The minimum Gasteiger partial charge on any atom is -0.481 e. The number of hydrogen-bond donors (Lipinski definition) is 5. The fourth-order valence-corrected chi connectivity index (χ4v) is 12.3. The number of carboxylic acid groups (broad SMARTS) is 1. The lowest BCUT2D eigenvalue weighted by molar-refractivity contribution is -0.148. The van der Waals surface area contributed by atoms with E-state index in [2.05, 4.69) is 53.8 Å². The summed E-state index contributed by atoms with van der Waals surface area (Å²) in [5, 5.41) is 18.4. The van der Waals surface area contributed by atoms with Gasteiger partial charge in [-0.2, -0.15) is 0 Å². The Bertz CT molecular complexity index is 2180. The Morgan fingerprint density at radius 1 is 0.698 bits per heavy atom. The van der Waals surface area contributed by atoms with Gasteiger partial charge in [-0.3, -0.25) is 14.4 Å². The molecule has 15 heteroatoms. The van der Waals surface area contributed by atoms with Crippen LogP contribution in [0.4, 0.5) is 11.4 Å². The molecule has 2 aromatic carbocycles. The number of aromatic nitrogens is 4. The lowest BCUT2D eigenvalue weighted by Crippen LogP contribution is -2.47. The summed E-state index contributed by atoms with van der Waals surface area (Å²) in [6.07, 6.45) is 16.4. The highest BCUT2D eigenvalue weighted by molar-refractivity contribution is 5.85. The molecule has 2 amide bonds. The molecule has 2 aromatic heterocycles. The third-order valence-electron chi connectivity index (χ3n) is 15.6. The number of carbonyl (C=O) groups excluding carboxylic acids is 2. The number of imidazole rings is 2. The molecular formula is C48H63ClN10O4. The average molecular weight is 880 g/mol. The van der Waals surface area contributed by atoms with Gasteiger partial charge in [-0.15, -0.1) is 12.4 Å². The Labute approximate surface area is 376 Å². The molecule has 0 radical (unpaired) electrons. The number of nitrogens with two attached hydrogens (primary N) is 2. The van der Waals surface area contributed by atoms with Gasteiger partial charge in [-0.1, -0.05) is 62.1 Å². The molecule has 6 aliphatic rings. The number of amides is 2. The SMILES string of the molecule is CC(C)(CC(n1ccnc1[C@@H]1Nc2ccccc2[C@H]2[C@@H]1CCN2C(=O)[C@H]1CCCC[C@H]1N)n1ccnc1[C@@H]1Nc2ccccc2[C@H]2[C@@H]1CCN2C(=O)[C@H]1CCCC[C@H]1N)C(=O)O.Cl. The van der Waals surface area contributed by atoms with Crippen molar-refractivity contribution in [3.63, 3.8) is 0 Å². The summed E-state index contributed by atoms with van der Waals surface area (Å²) in [6, 6.07) is 15.5. The number of benzene rings is 2. The quantitative estimate of drug-likeness (QED) is 0.115. The summed E-state index contributed by atoms with van der Waals surface area (Å²) in [5.41, 5.74) is 16.3. The molecule has 2 saturated heterocycles. The fourth-order valence-electron chi connectivity index (χ4n) is 12.3. The van der Waals surface area contributed by atoms with Gasteiger partial charge in [-0.25, -0.2) is 9.97 Å². The van der Waals surface area contributed by atoms with Gasteiger partial charge in [0.2, 0.25) is 11.8 Å². The van der Waals surface area contributed by atoms with Crippen LogP contribution in [-0.2, 0) is 14.4 Å². The third-order valence-corrected chi connectivity index (χ3v) is 15.6. The van der Waals surface area contributed by atoms with E-state index in [-0.39, 0.29) is 90.6 Å². The van der Waals surface area contributed by atoms with Crippen molar-refractivity contribution >= 4 is 41.6 Å². The second-order valence-electron chi connectivity index (χ2n) is 19.6. The van der Waals surface area contributed by atoms with Gasteiger partial charge in [0.15, 0.2) is 0 Å². The van der Waals surface area contributed by atoms with E-state index >= 15 is 0 Å². The van der Waals surface area contributed by atoms with Crippen LogP contribution in [0.3, 0.4) is 0 Å². The summed E-state index contributed by atoms with van der Waals surface area (Å²) in [6.45, 7) is 4.82. The monoisotopic (exact) mass is 878 g/mol. The van der Waals surface area contributed by atoms with E-state index in [1.54, 1.807) is 13.8 Å². The van der Waals surface area contributed by atoms with Crippen LogP contribution in [-0.4, -0.2) is 77.0 Å². The van der Waals surface area contributed by atoms with Crippen molar-refractivity contribution in [2.45, 2.75) is 127 Å². The molecule has 63 heavy (non-hydrogen) atoms. The Hall–Kier alpha value is -4.92. The maximum Gasteiger partial charge on any atom is 0.309 e. The van der Waals surface area contributed by atoms with Crippen LogP contribution in [0.2, 0.25) is 0 Å². The summed E-state index contributed by atoms with van der Waals surface area (Å²) >= 11 is 0. The molecular weight excluding hydrogens is 816 g/mol. The minimum absolute atomic E-state index is 0. The number of hydrogen-bond acceptors (Lipinski definition) is 9. The van der Waals surface area contributed by atoms with Crippen LogP contribution in [0, 0.1) is 29.1 Å². The summed E-state index contributed by atoms with van der Waals surface area (Å²) in [4.78, 5) is 56.2. The predicted molar refractivity (Wildman–Crippen MR) is 243 cm³/mol. The normalized spacial score (nSPS) is 30.0. The topological polar surface area (TPSA) is 190 Å². The van der Waals surface area contributed by atoms with Crippen molar-refractivity contribution in [1.29, 1.82) is 0 Å². The maximum atomic E-state index is 14.4. The highest BCUT2D eigenvalue weighted by Gasteiger charge is 2.52. The van der Waals surface area contributed by atoms with Gasteiger partial charge in [0, 0.05) is 79.6 Å². The first kappa shape index (κ1) is 43.3. The number of nitrogens with zero attached hydrogens (tertiary/aromatic N) is 6. The first-order chi connectivity index (χ1) is 30.0. The van der Waals surface area contributed by atoms with Crippen LogP contribution in [0.25, 0.3) is 0 Å². The largest absolute Gasteiger partial charge is 0.481 e. The number of aliphatic carboxylic acids is 1. The second kappa shape index (κ2) is 17.2. The number of fused-ring (bicyclic) bond motifs is 6. The zero-order valence-electron chi connectivity index (χ0n) is 36.4. The van der Waals surface area contributed by atoms with E-state index < -0.39 is 17.6 Å². The molecule has 4 aromatic rings. The average Bonchev–Trinajstić information content (AvgIpc) is 4.12. The van der Waals surface area contributed by atoms with Crippen LogP contribution in [0.15, 0.2) is 73.3 Å². The predicted octanol–water partition coefficient (Wildman–Crippen LogP) is 7.20. The molecule has 0 bridgehead atoms. The minimum atomic E-state index is -1.12. The highest BCUT2D eigenvalue weighted by atomic mass is 35.5. The van der Waals surface area contributed by atoms with Gasteiger partial charge in [0.05, 0.1) is 41.4 Å². The van der Waals surface area contributed by atoms with Crippen LogP contribution in [0.5, 0.6) is 0 Å². The molecule has 10 atom stereocenters.